The smallest absolute Gasteiger partial charge is 0.186 e. The Labute approximate surface area is 243 Å². The molecule has 18 N–H and O–H groups in total. The van der Waals surface area contributed by atoms with Crippen LogP contribution in [0.1, 0.15) is 6.42 Å². The van der Waals surface area contributed by atoms with Gasteiger partial charge in [0.1, 0.15) is 54.9 Å². The Balaban J connectivity index is 1.55. The summed E-state index contributed by atoms with van der Waals surface area (Å²) in [5.74, 6) is 0. The quantitative estimate of drug-likeness (QED) is 0.0973. The SMILES string of the molecule is NCC(O)CN[C@@H]1C[C@H](N)C(O[C@H]2O[C@H](CN)[C@@H](O)[C@H](O)[C@H]2NC2CNC2)[C@H](O)[C@H]1O[C@H]1O[C@H](CO)[C@@H](O)[C@H](N)[C@H]1O. The molecule has 1 saturated carbocycles. The van der Waals surface area contributed by atoms with E-state index in [9.17, 15) is 35.7 Å². The van der Waals surface area contributed by atoms with Crippen molar-refractivity contribution in [3.63, 3.8) is 0 Å². The molecule has 1 aliphatic carbocycles. The predicted molar refractivity (Wildman–Crippen MR) is 144 cm³/mol. The molecule has 3 saturated heterocycles. The van der Waals surface area contributed by atoms with E-state index in [0.29, 0.717) is 13.1 Å². The normalized spacial score (nSPS) is 47.6. The maximum atomic E-state index is 11.6. The Morgan fingerprint density at radius 3 is 2.12 bits per heavy atom. The van der Waals surface area contributed by atoms with Crippen LogP contribution in [-0.4, -0.2) is 179 Å². The van der Waals surface area contributed by atoms with E-state index >= 15 is 0 Å². The number of hydrogen-bond donors (Lipinski definition) is 14. The van der Waals surface area contributed by atoms with Gasteiger partial charge in [-0.05, 0) is 6.42 Å². The third kappa shape index (κ3) is 7.39. The van der Waals surface area contributed by atoms with E-state index in [4.69, 9.17) is 41.9 Å². The maximum absolute atomic E-state index is 11.6. The molecule has 42 heavy (non-hydrogen) atoms. The minimum absolute atomic E-state index is 0.0199. The molecule has 18 heteroatoms. The second-order valence-electron chi connectivity index (χ2n) is 11.6. The molecule has 0 radical (unpaired) electrons. The Morgan fingerprint density at radius 1 is 0.857 bits per heavy atom. The van der Waals surface area contributed by atoms with Gasteiger partial charge in [-0.1, -0.05) is 0 Å². The summed E-state index contributed by atoms with van der Waals surface area (Å²) in [6, 6.07) is -3.64. The zero-order valence-electron chi connectivity index (χ0n) is 23.3. The molecule has 246 valence electrons. The first-order valence-electron chi connectivity index (χ1n) is 14.4. The molecule has 4 fully saturated rings. The molecule has 2 unspecified atom stereocenters. The highest BCUT2D eigenvalue weighted by Crippen LogP contribution is 2.32. The van der Waals surface area contributed by atoms with Gasteiger partial charge in [-0.25, -0.2) is 0 Å². The summed E-state index contributed by atoms with van der Waals surface area (Å²) in [5, 5.41) is 83.0. The van der Waals surface area contributed by atoms with E-state index in [1.807, 2.05) is 0 Å². The second-order valence-corrected chi connectivity index (χ2v) is 11.6. The summed E-state index contributed by atoms with van der Waals surface area (Å²) in [6.45, 7) is 0.562. The van der Waals surface area contributed by atoms with Crippen LogP contribution in [0.2, 0.25) is 0 Å². The molecule has 0 aromatic carbocycles. The number of nitrogens with two attached hydrogens (primary N) is 4. The van der Waals surface area contributed by atoms with Crippen molar-refractivity contribution in [2.24, 2.45) is 22.9 Å². The molecule has 4 aliphatic rings. The first-order valence-corrected chi connectivity index (χ1v) is 14.4. The van der Waals surface area contributed by atoms with Gasteiger partial charge in [0.25, 0.3) is 0 Å². The van der Waals surface area contributed by atoms with E-state index in [2.05, 4.69) is 16.0 Å². The van der Waals surface area contributed by atoms with Crippen molar-refractivity contribution in [3.8, 4) is 0 Å². The Hall–Kier alpha value is -0.720. The maximum Gasteiger partial charge on any atom is 0.186 e. The fourth-order valence-corrected chi connectivity index (χ4v) is 5.80. The minimum atomic E-state index is -1.52. The van der Waals surface area contributed by atoms with Crippen LogP contribution >= 0.6 is 0 Å². The van der Waals surface area contributed by atoms with Crippen molar-refractivity contribution < 1.29 is 54.7 Å². The lowest BCUT2D eigenvalue weighted by atomic mass is 9.83. The van der Waals surface area contributed by atoms with E-state index in [0.717, 1.165) is 0 Å². The van der Waals surface area contributed by atoms with Gasteiger partial charge in [-0.3, -0.25) is 0 Å². The van der Waals surface area contributed by atoms with Crippen LogP contribution in [0.5, 0.6) is 0 Å². The summed E-state index contributed by atoms with van der Waals surface area (Å²) in [7, 11) is 0. The summed E-state index contributed by atoms with van der Waals surface area (Å²) < 4.78 is 23.8. The number of aliphatic hydroxyl groups excluding tert-OH is 7. The lowest BCUT2D eigenvalue weighted by Gasteiger charge is -2.50. The fraction of sp³-hybridized carbons (Fsp3) is 1.00. The minimum Gasteiger partial charge on any atom is -0.394 e. The van der Waals surface area contributed by atoms with Crippen LogP contribution in [0, 0.1) is 0 Å². The third-order valence-electron chi connectivity index (χ3n) is 8.57. The second kappa shape index (κ2) is 15.0. The number of rotatable bonds is 12. The Bertz CT molecular complexity index is 836. The highest BCUT2D eigenvalue weighted by Gasteiger charge is 2.52. The van der Waals surface area contributed by atoms with E-state index in [-0.39, 0.29) is 32.1 Å². The van der Waals surface area contributed by atoms with Crippen molar-refractivity contribution >= 4 is 0 Å². The van der Waals surface area contributed by atoms with Crippen LogP contribution in [0.25, 0.3) is 0 Å². The molecule has 18 nitrogen and oxygen atoms in total. The van der Waals surface area contributed by atoms with Gasteiger partial charge in [-0.2, -0.15) is 0 Å². The van der Waals surface area contributed by atoms with Crippen molar-refractivity contribution in [2.45, 2.75) is 110 Å². The average Bonchev–Trinajstić information content (AvgIpc) is 2.95. The van der Waals surface area contributed by atoms with Gasteiger partial charge in [0.15, 0.2) is 12.6 Å². The molecule has 0 bridgehead atoms. The van der Waals surface area contributed by atoms with Crippen LogP contribution in [0.4, 0.5) is 0 Å². The van der Waals surface area contributed by atoms with Crippen LogP contribution in [-0.2, 0) is 18.9 Å². The molecule has 0 aromatic heterocycles. The van der Waals surface area contributed by atoms with Gasteiger partial charge in [0.2, 0.25) is 0 Å². The summed E-state index contributed by atoms with van der Waals surface area (Å²) in [4.78, 5) is 0. The van der Waals surface area contributed by atoms with Crippen molar-refractivity contribution in [2.75, 3.05) is 39.3 Å². The van der Waals surface area contributed by atoms with Crippen molar-refractivity contribution in [1.29, 1.82) is 0 Å². The van der Waals surface area contributed by atoms with E-state index in [1.165, 1.54) is 0 Å². The lowest BCUT2D eigenvalue weighted by Crippen LogP contribution is -2.72. The monoisotopic (exact) mass is 611 g/mol. The van der Waals surface area contributed by atoms with Crippen LogP contribution < -0.4 is 38.9 Å². The van der Waals surface area contributed by atoms with Gasteiger partial charge >= 0.3 is 0 Å². The summed E-state index contributed by atoms with van der Waals surface area (Å²) in [5.41, 5.74) is 23.7. The van der Waals surface area contributed by atoms with Crippen molar-refractivity contribution in [3.05, 3.63) is 0 Å². The number of ether oxygens (including phenoxy) is 4. The van der Waals surface area contributed by atoms with Gasteiger partial charge < -0.3 is 93.6 Å². The number of aliphatic hydroxyl groups is 7. The fourth-order valence-electron chi connectivity index (χ4n) is 5.80. The molecule has 16 atom stereocenters. The van der Waals surface area contributed by atoms with E-state index in [1.54, 1.807) is 0 Å². The largest absolute Gasteiger partial charge is 0.394 e. The molecule has 0 aromatic rings. The summed E-state index contributed by atoms with van der Waals surface area (Å²) in [6.07, 6.45) is -14.8. The van der Waals surface area contributed by atoms with Gasteiger partial charge in [0, 0.05) is 50.8 Å². The zero-order chi connectivity index (χ0) is 30.7. The average molecular weight is 612 g/mol. The first-order chi connectivity index (χ1) is 20.0. The first kappa shape index (κ1) is 34.2. The molecule has 3 aliphatic heterocycles. The number of nitrogens with one attached hydrogen (secondary N) is 3. The molecular weight excluding hydrogens is 562 g/mol. The molecule has 3 heterocycles. The Kier molecular flexibility index (Phi) is 12.2. The van der Waals surface area contributed by atoms with E-state index < -0.39 is 104 Å². The van der Waals surface area contributed by atoms with Crippen LogP contribution in [0.3, 0.4) is 0 Å². The third-order valence-corrected chi connectivity index (χ3v) is 8.57. The molecule has 4 rings (SSSR count). The molecular formula is C24H49N7O11. The Morgan fingerprint density at radius 2 is 1.52 bits per heavy atom. The highest BCUT2D eigenvalue weighted by molar-refractivity contribution is 5.04. The summed E-state index contributed by atoms with van der Waals surface area (Å²) >= 11 is 0. The van der Waals surface area contributed by atoms with Crippen LogP contribution in [0.15, 0.2) is 0 Å². The molecule has 0 spiro atoms. The standard InChI is InChI=1S/C24H49N7O11/c25-2-9(33)6-30-11-1-10(27)21(20(38)22(11)42-24-18(36)14(28)16(34)13(7-32)40-24)41-23-15(31-8-4-29-5-8)19(37)17(35)12(3-26)39-23/h8-24,29-38H,1-7,25-28H2/t9?,10-,11+,12+,13+,14-,15+,16+,17+,18+,19+,20-,21?,22-,23+,24+/m0/s1. The molecule has 0 amide bonds. The zero-order valence-corrected chi connectivity index (χ0v) is 23.3. The predicted octanol–water partition coefficient (Wildman–Crippen LogP) is -8.77. The topological polar surface area (TPSA) is 319 Å². The van der Waals surface area contributed by atoms with Gasteiger partial charge in [-0.15, -0.1) is 0 Å². The van der Waals surface area contributed by atoms with Crippen molar-refractivity contribution in [1.82, 2.24) is 16.0 Å². The lowest BCUT2D eigenvalue weighted by molar-refractivity contribution is -0.321. The van der Waals surface area contributed by atoms with Gasteiger partial charge in [0.05, 0.1) is 24.8 Å². The number of hydrogen-bond acceptors (Lipinski definition) is 18. The highest BCUT2D eigenvalue weighted by atomic mass is 16.7.